The fourth-order valence-corrected chi connectivity index (χ4v) is 2.90. The lowest BCUT2D eigenvalue weighted by molar-refractivity contribution is -0.116. The van der Waals surface area contributed by atoms with Crippen molar-refractivity contribution in [2.24, 2.45) is 0 Å². The smallest absolute Gasteiger partial charge is 0.247 e. The predicted octanol–water partition coefficient (Wildman–Crippen LogP) is 3.65. The molecule has 0 saturated heterocycles. The van der Waals surface area contributed by atoms with Gasteiger partial charge in [0.25, 0.3) is 0 Å². The lowest BCUT2D eigenvalue weighted by Gasteiger charge is -2.08. The Morgan fingerprint density at radius 3 is 2.67 bits per heavy atom. The van der Waals surface area contributed by atoms with Gasteiger partial charge in [0.15, 0.2) is 0 Å². The van der Waals surface area contributed by atoms with Gasteiger partial charge in [-0.2, -0.15) is 0 Å². The van der Waals surface area contributed by atoms with Gasteiger partial charge < -0.3 is 19.0 Å². The van der Waals surface area contributed by atoms with Crippen molar-refractivity contribution >= 4 is 22.5 Å². The zero-order valence-corrected chi connectivity index (χ0v) is 15.0. The average Bonchev–Trinajstić information content (AvgIpc) is 3.28. The molecule has 0 aliphatic rings. The largest absolute Gasteiger partial charge is 0.497 e. The molecule has 0 spiro atoms. The highest BCUT2D eigenvalue weighted by molar-refractivity contribution is 5.92. The second kappa shape index (κ2) is 6.95. The number of nitrogens with one attached hydrogen (secondary N) is 1. The van der Waals surface area contributed by atoms with Gasteiger partial charge in [0, 0.05) is 29.9 Å². The maximum absolute atomic E-state index is 12.4. The van der Waals surface area contributed by atoms with Gasteiger partial charge in [0.1, 0.15) is 12.3 Å². The van der Waals surface area contributed by atoms with Crippen LogP contribution < -0.4 is 10.1 Å². The number of carbonyl (C=O) groups excluding carboxylic acids is 1. The summed E-state index contributed by atoms with van der Waals surface area (Å²) >= 11 is 0. The van der Waals surface area contributed by atoms with Crippen molar-refractivity contribution in [3.63, 3.8) is 0 Å². The van der Waals surface area contributed by atoms with Crippen LogP contribution >= 0.6 is 0 Å². The maximum atomic E-state index is 12.4. The fraction of sp³-hybridized carbons (Fsp3) is 0.150. The minimum Gasteiger partial charge on any atom is -0.497 e. The van der Waals surface area contributed by atoms with Gasteiger partial charge in [-0.1, -0.05) is 6.07 Å². The summed E-state index contributed by atoms with van der Waals surface area (Å²) in [7, 11) is 1.61. The van der Waals surface area contributed by atoms with Crippen LogP contribution in [0.25, 0.3) is 22.4 Å². The van der Waals surface area contributed by atoms with E-state index >= 15 is 0 Å². The quantitative estimate of drug-likeness (QED) is 0.586. The normalized spacial score (nSPS) is 10.9. The van der Waals surface area contributed by atoms with Crippen molar-refractivity contribution in [1.82, 2.24) is 14.8 Å². The number of benzene rings is 2. The van der Waals surface area contributed by atoms with E-state index in [0.717, 1.165) is 27.9 Å². The summed E-state index contributed by atoms with van der Waals surface area (Å²) in [6.07, 6.45) is 1.89. The molecule has 0 fully saturated rings. The number of amides is 1. The van der Waals surface area contributed by atoms with Crippen LogP contribution in [0.1, 0.15) is 5.89 Å². The summed E-state index contributed by atoms with van der Waals surface area (Å²) in [6, 6.07) is 15.0. The first kappa shape index (κ1) is 16.8. The summed E-state index contributed by atoms with van der Waals surface area (Å²) in [4.78, 5) is 12.4. The SMILES string of the molecule is COc1ccc(NC(=O)Cn2ccc3ccc(-c4nnc(C)o4)cc32)cc1. The Morgan fingerprint density at radius 2 is 1.96 bits per heavy atom. The molecule has 0 aliphatic carbocycles. The second-order valence-electron chi connectivity index (χ2n) is 6.12. The lowest BCUT2D eigenvalue weighted by Crippen LogP contribution is -2.18. The zero-order chi connectivity index (χ0) is 18.8. The van der Waals surface area contributed by atoms with E-state index < -0.39 is 0 Å². The van der Waals surface area contributed by atoms with E-state index in [1.165, 1.54) is 0 Å². The Kier molecular flexibility index (Phi) is 4.33. The molecule has 0 bridgehead atoms. The van der Waals surface area contributed by atoms with E-state index in [9.17, 15) is 4.79 Å². The third-order valence-electron chi connectivity index (χ3n) is 4.23. The number of aryl methyl sites for hydroxylation is 1. The molecule has 136 valence electrons. The van der Waals surface area contributed by atoms with E-state index in [1.54, 1.807) is 38.3 Å². The molecule has 4 rings (SSSR count). The molecule has 1 amide bonds. The Labute approximate surface area is 155 Å². The van der Waals surface area contributed by atoms with Crippen molar-refractivity contribution in [3.05, 3.63) is 60.6 Å². The molecule has 0 saturated carbocycles. The molecule has 0 aliphatic heterocycles. The molecule has 0 radical (unpaired) electrons. The molecule has 2 aromatic carbocycles. The summed E-state index contributed by atoms with van der Waals surface area (Å²) in [6.45, 7) is 1.95. The molecule has 7 heteroatoms. The third kappa shape index (κ3) is 3.52. The van der Waals surface area contributed by atoms with Crippen LogP contribution in [0.5, 0.6) is 5.75 Å². The summed E-state index contributed by atoms with van der Waals surface area (Å²) in [5, 5.41) is 11.8. The number of methoxy groups -OCH3 is 1. The first-order chi connectivity index (χ1) is 13.1. The van der Waals surface area contributed by atoms with Gasteiger partial charge in [-0.05, 0) is 47.9 Å². The minimum atomic E-state index is -0.114. The molecular formula is C20H18N4O3. The van der Waals surface area contributed by atoms with Crippen LogP contribution in [0.3, 0.4) is 0 Å². The molecule has 4 aromatic rings. The van der Waals surface area contributed by atoms with Gasteiger partial charge in [-0.3, -0.25) is 4.79 Å². The molecular weight excluding hydrogens is 344 g/mol. The molecule has 2 heterocycles. The number of carbonyl (C=O) groups is 1. The van der Waals surface area contributed by atoms with Crippen LogP contribution in [0.4, 0.5) is 5.69 Å². The van der Waals surface area contributed by atoms with E-state index in [-0.39, 0.29) is 12.5 Å². The van der Waals surface area contributed by atoms with Gasteiger partial charge in [0.2, 0.25) is 17.7 Å². The van der Waals surface area contributed by atoms with E-state index in [1.807, 2.05) is 35.0 Å². The third-order valence-corrected chi connectivity index (χ3v) is 4.23. The number of nitrogens with zero attached hydrogens (tertiary/aromatic N) is 3. The van der Waals surface area contributed by atoms with Crippen LogP contribution in [0.15, 0.2) is 59.1 Å². The standard InChI is InChI=1S/C20H18N4O3/c1-13-22-23-20(27-13)15-4-3-14-9-10-24(18(14)11-15)12-19(25)21-16-5-7-17(26-2)8-6-16/h3-11H,12H2,1-2H3,(H,21,25). The Hall–Kier alpha value is -3.61. The summed E-state index contributed by atoms with van der Waals surface area (Å²) in [5.41, 5.74) is 2.46. The van der Waals surface area contributed by atoms with Gasteiger partial charge in [-0.15, -0.1) is 10.2 Å². The average molecular weight is 362 g/mol. The van der Waals surface area contributed by atoms with Crippen LogP contribution in [-0.2, 0) is 11.3 Å². The van der Waals surface area contributed by atoms with Crippen molar-refractivity contribution < 1.29 is 13.9 Å². The minimum absolute atomic E-state index is 0.114. The number of fused-ring (bicyclic) bond motifs is 1. The van der Waals surface area contributed by atoms with E-state index in [2.05, 4.69) is 15.5 Å². The highest BCUT2D eigenvalue weighted by Gasteiger charge is 2.11. The molecule has 27 heavy (non-hydrogen) atoms. The number of hydrogen-bond donors (Lipinski definition) is 1. The predicted molar refractivity (Wildman–Crippen MR) is 102 cm³/mol. The van der Waals surface area contributed by atoms with E-state index in [0.29, 0.717) is 11.8 Å². The molecule has 0 atom stereocenters. The summed E-state index contributed by atoms with van der Waals surface area (Å²) < 4.78 is 12.5. The lowest BCUT2D eigenvalue weighted by atomic mass is 10.1. The Bertz CT molecular complexity index is 1100. The second-order valence-corrected chi connectivity index (χ2v) is 6.12. The topological polar surface area (TPSA) is 82.2 Å². The molecule has 2 aromatic heterocycles. The first-order valence-electron chi connectivity index (χ1n) is 8.45. The number of aromatic nitrogens is 3. The van der Waals surface area contributed by atoms with E-state index in [4.69, 9.17) is 9.15 Å². The number of hydrogen-bond acceptors (Lipinski definition) is 5. The zero-order valence-electron chi connectivity index (χ0n) is 15.0. The highest BCUT2D eigenvalue weighted by atomic mass is 16.5. The van der Waals surface area contributed by atoms with Crippen LogP contribution in [-0.4, -0.2) is 27.8 Å². The van der Waals surface area contributed by atoms with Crippen molar-refractivity contribution in [2.75, 3.05) is 12.4 Å². The van der Waals surface area contributed by atoms with Crippen LogP contribution in [0, 0.1) is 6.92 Å². The Morgan fingerprint density at radius 1 is 1.15 bits per heavy atom. The van der Waals surface area contributed by atoms with Crippen molar-refractivity contribution in [2.45, 2.75) is 13.5 Å². The molecule has 7 nitrogen and oxygen atoms in total. The van der Waals surface area contributed by atoms with Crippen molar-refractivity contribution in [3.8, 4) is 17.2 Å². The summed E-state index contributed by atoms with van der Waals surface area (Å²) in [5.74, 6) is 1.61. The van der Waals surface area contributed by atoms with Crippen LogP contribution in [0.2, 0.25) is 0 Å². The monoisotopic (exact) mass is 362 g/mol. The van der Waals surface area contributed by atoms with Gasteiger partial charge >= 0.3 is 0 Å². The number of ether oxygens (including phenoxy) is 1. The molecule has 1 N–H and O–H groups in total. The molecule has 0 unspecified atom stereocenters. The number of anilines is 1. The van der Waals surface area contributed by atoms with Gasteiger partial charge in [-0.25, -0.2) is 0 Å². The Balaban J connectivity index is 1.54. The number of rotatable bonds is 5. The maximum Gasteiger partial charge on any atom is 0.247 e. The first-order valence-corrected chi connectivity index (χ1v) is 8.45. The highest BCUT2D eigenvalue weighted by Crippen LogP contribution is 2.24. The van der Waals surface area contributed by atoms with Gasteiger partial charge in [0.05, 0.1) is 7.11 Å². The fourth-order valence-electron chi connectivity index (χ4n) is 2.90. The van der Waals surface area contributed by atoms with Crippen molar-refractivity contribution in [1.29, 1.82) is 0 Å².